The number of aromatic nitrogens is 1. The summed E-state index contributed by atoms with van der Waals surface area (Å²) in [6.07, 6.45) is 1.59. The molecule has 0 saturated carbocycles. The maximum absolute atomic E-state index is 8.62. The summed E-state index contributed by atoms with van der Waals surface area (Å²) in [5.41, 5.74) is 1.09. The molecule has 0 N–H and O–H groups in total. The van der Waals surface area contributed by atoms with E-state index in [9.17, 15) is 0 Å². The molecule has 2 rings (SSSR count). The van der Waals surface area contributed by atoms with Crippen molar-refractivity contribution in [1.29, 1.82) is 5.26 Å². The van der Waals surface area contributed by atoms with Crippen molar-refractivity contribution in [3.63, 3.8) is 0 Å². The monoisotopic (exact) mass is 144 g/mol. The first kappa shape index (κ1) is 5.93. The van der Waals surface area contributed by atoms with E-state index in [1.54, 1.807) is 18.3 Å². The lowest BCUT2D eigenvalue weighted by atomic mass is 10.2. The minimum Gasteiger partial charge on any atom is -0.355 e. The molecule has 0 saturated heterocycles. The number of fused-ring (bicyclic) bond motifs is 1. The zero-order valence-corrected chi connectivity index (χ0v) is 5.61. The third-order valence-electron chi connectivity index (χ3n) is 1.50. The van der Waals surface area contributed by atoms with Gasteiger partial charge in [-0.1, -0.05) is 11.2 Å². The topological polar surface area (TPSA) is 49.8 Å². The molecular formula is C8H4N2O. The van der Waals surface area contributed by atoms with Crippen molar-refractivity contribution >= 4 is 11.0 Å². The fourth-order valence-corrected chi connectivity index (χ4v) is 0.982. The Kier molecular flexibility index (Phi) is 1.13. The Bertz CT molecular complexity index is 425. The van der Waals surface area contributed by atoms with Crippen LogP contribution in [0.1, 0.15) is 5.56 Å². The average Bonchev–Trinajstić information content (AvgIpc) is 2.50. The summed E-state index contributed by atoms with van der Waals surface area (Å²) in [6.45, 7) is 0. The second-order valence-electron chi connectivity index (χ2n) is 2.16. The van der Waals surface area contributed by atoms with Gasteiger partial charge in [-0.25, -0.2) is 0 Å². The van der Waals surface area contributed by atoms with Gasteiger partial charge in [0.2, 0.25) is 0 Å². The lowest BCUT2D eigenvalue weighted by Gasteiger charge is -1.86. The third-order valence-corrected chi connectivity index (χ3v) is 1.50. The molecule has 3 nitrogen and oxygen atoms in total. The summed E-state index contributed by atoms with van der Waals surface area (Å²) >= 11 is 0. The number of para-hydroxylation sites is 1. The highest BCUT2D eigenvalue weighted by molar-refractivity contribution is 5.81. The number of hydrogen-bond donors (Lipinski definition) is 0. The van der Waals surface area contributed by atoms with Crippen LogP contribution < -0.4 is 0 Å². The zero-order chi connectivity index (χ0) is 7.68. The van der Waals surface area contributed by atoms with Crippen LogP contribution in [0.4, 0.5) is 0 Å². The summed E-state index contributed by atoms with van der Waals surface area (Å²) < 4.78 is 4.87. The van der Waals surface area contributed by atoms with Crippen LogP contribution in [0, 0.1) is 11.3 Å². The normalized spacial score (nSPS) is 9.73. The van der Waals surface area contributed by atoms with E-state index in [2.05, 4.69) is 5.16 Å². The van der Waals surface area contributed by atoms with E-state index in [4.69, 9.17) is 9.78 Å². The molecule has 0 fully saturated rings. The van der Waals surface area contributed by atoms with E-state index in [1.165, 1.54) is 0 Å². The Hall–Kier alpha value is -1.82. The van der Waals surface area contributed by atoms with Gasteiger partial charge in [-0.15, -0.1) is 0 Å². The number of hydrogen-bond acceptors (Lipinski definition) is 3. The lowest BCUT2D eigenvalue weighted by molar-refractivity contribution is 0.456. The van der Waals surface area contributed by atoms with Crippen molar-refractivity contribution in [2.24, 2.45) is 0 Å². The van der Waals surface area contributed by atoms with Crippen molar-refractivity contribution in [3.05, 3.63) is 30.0 Å². The summed E-state index contributed by atoms with van der Waals surface area (Å²) in [5, 5.41) is 13.1. The van der Waals surface area contributed by atoms with Crippen LogP contribution in [0.2, 0.25) is 0 Å². The molecule has 0 aliphatic rings. The molecule has 0 spiro atoms. The van der Waals surface area contributed by atoms with Gasteiger partial charge in [-0.05, 0) is 12.1 Å². The molecule has 0 aliphatic carbocycles. The average molecular weight is 144 g/mol. The smallest absolute Gasteiger partial charge is 0.184 e. The zero-order valence-electron chi connectivity index (χ0n) is 5.61. The summed E-state index contributed by atoms with van der Waals surface area (Å²) in [5.74, 6) is 0. The van der Waals surface area contributed by atoms with Crippen molar-refractivity contribution in [2.75, 3.05) is 0 Å². The Morgan fingerprint density at radius 3 is 3.18 bits per heavy atom. The minimum atomic E-state index is 0.528. The van der Waals surface area contributed by atoms with Crippen LogP contribution in [0.15, 0.2) is 28.9 Å². The van der Waals surface area contributed by atoms with Crippen molar-refractivity contribution in [2.45, 2.75) is 0 Å². The van der Waals surface area contributed by atoms with Gasteiger partial charge in [0.1, 0.15) is 6.07 Å². The molecule has 52 valence electrons. The SMILES string of the molecule is N#Cc1cccc2cnoc12. The molecule has 0 atom stereocenters. The Morgan fingerprint density at radius 1 is 1.45 bits per heavy atom. The summed E-state index contributed by atoms with van der Waals surface area (Å²) in [4.78, 5) is 0. The predicted octanol–water partition coefficient (Wildman–Crippen LogP) is 1.70. The van der Waals surface area contributed by atoms with E-state index in [1.807, 2.05) is 12.1 Å². The third kappa shape index (κ3) is 0.767. The molecule has 0 amide bonds. The van der Waals surface area contributed by atoms with Crippen molar-refractivity contribution in [1.82, 2.24) is 5.16 Å². The van der Waals surface area contributed by atoms with Crippen LogP contribution in [0.3, 0.4) is 0 Å². The van der Waals surface area contributed by atoms with Crippen molar-refractivity contribution < 1.29 is 4.52 Å². The van der Waals surface area contributed by atoms with Crippen LogP contribution in [0.25, 0.3) is 11.0 Å². The molecule has 2 aromatic rings. The second-order valence-corrected chi connectivity index (χ2v) is 2.16. The van der Waals surface area contributed by atoms with Crippen LogP contribution >= 0.6 is 0 Å². The Balaban J connectivity index is 2.92. The van der Waals surface area contributed by atoms with Crippen LogP contribution in [-0.4, -0.2) is 5.16 Å². The highest BCUT2D eigenvalue weighted by Gasteiger charge is 2.02. The van der Waals surface area contributed by atoms with E-state index in [-0.39, 0.29) is 0 Å². The van der Waals surface area contributed by atoms with Gasteiger partial charge in [-0.3, -0.25) is 0 Å². The van der Waals surface area contributed by atoms with Gasteiger partial charge >= 0.3 is 0 Å². The Morgan fingerprint density at radius 2 is 2.36 bits per heavy atom. The number of nitriles is 1. The Labute approximate surface area is 62.8 Å². The molecule has 3 heteroatoms. The highest BCUT2D eigenvalue weighted by atomic mass is 16.5. The largest absolute Gasteiger partial charge is 0.355 e. The van der Waals surface area contributed by atoms with Crippen LogP contribution in [-0.2, 0) is 0 Å². The minimum absolute atomic E-state index is 0.528. The van der Waals surface area contributed by atoms with Gasteiger partial charge in [0.25, 0.3) is 0 Å². The van der Waals surface area contributed by atoms with Crippen molar-refractivity contribution in [3.8, 4) is 6.07 Å². The molecule has 11 heavy (non-hydrogen) atoms. The number of rotatable bonds is 0. The molecule has 1 aromatic heterocycles. The molecule has 0 bridgehead atoms. The first-order valence-corrected chi connectivity index (χ1v) is 3.15. The predicted molar refractivity (Wildman–Crippen MR) is 38.7 cm³/mol. The fourth-order valence-electron chi connectivity index (χ4n) is 0.982. The number of benzene rings is 1. The quantitative estimate of drug-likeness (QED) is 0.565. The number of nitrogens with zero attached hydrogens (tertiary/aromatic N) is 2. The maximum atomic E-state index is 8.62. The second kappa shape index (κ2) is 2.10. The highest BCUT2D eigenvalue weighted by Crippen LogP contribution is 2.16. The first-order valence-electron chi connectivity index (χ1n) is 3.15. The van der Waals surface area contributed by atoms with E-state index in [0.717, 1.165) is 5.39 Å². The first-order chi connectivity index (χ1) is 5.42. The van der Waals surface area contributed by atoms with Gasteiger partial charge < -0.3 is 4.52 Å². The summed E-state index contributed by atoms with van der Waals surface area (Å²) in [7, 11) is 0. The van der Waals surface area contributed by atoms with Gasteiger partial charge in [0.05, 0.1) is 11.8 Å². The molecule has 1 aromatic carbocycles. The van der Waals surface area contributed by atoms with Gasteiger partial charge in [0.15, 0.2) is 5.58 Å². The molecule has 0 aliphatic heterocycles. The van der Waals surface area contributed by atoms with Crippen LogP contribution in [0.5, 0.6) is 0 Å². The molecule has 0 unspecified atom stereocenters. The fraction of sp³-hybridized carbons (Fsp3) is 0. The van der Waals surface area contributed by atoms with E-state index >= 15 is 0 Å². The van der Waals surface area contributed by atoms with Gasteiger partial charge in [-0.2, -0.15) is 5.26 Å². The maximum Gasteiger partial charge on any atom is 0.184 e. The molecular weight excluding hydrogens is 140 g/mol. The summed E-state index contributed by atoms with van der Waals surface area (Å²) in [6, 6.07) is 7.38. The van der Waals surface area contributed by atoms with Gasteiger partial charge in [0, 0.05) is 5.39 Å². The molecule has 0 radical (unpaired) electrons. The van der Waals surface area contributed by atoms with E-state index < -0.39 is 0 Å². The van der Waals surface area contributed by atoms with E-state index in [0.29, 0.717) is 11.1 Å². The lowest BCUT2D eigenvalue weighted by Crippen LogP contribution is -1.72. The molecule has 1 heterocycles. The standard InChI is InChI=1S/C8H4N2O/c9-4-6-2-1-3-7-5-10-11-8(6)7/h1-3,5H.